The zero-order chi connectivity index (χ0) is 17.6. The van der Waals surface area contributed by atoms with Crippen molar-refractivity contribution >= 4 is 5.91 Å². The van der Waals surface area contributed by atoms with Crippen LogP contribution in [0.5, 0.6) is 0 Å². The highest BCUT2D eigenvalue weighted by atomic mass is 19.1. The van der Waals surface area contributed by atoms with Gasteiger partial charge in [0.2, 0.25) is 5.91 Å². The van der Waals surface area contributed by atoms with E-state index in [0.717, 1.165) is 38.3 Å². The summed E-state index contributed by atoms with van der Waals surface area (Å²) in [5.41, 5.74) is 3.69. The van der Waals surface area contributed by atoms with E-state index in [1.807, 2.05) is 4.90 Å². The van der Waals surface area contributed by atoms with E-state index in [4.69, 9.17) is 0 Å². The highest BCUT2D eigenvalue weighted by Gasteiger charge is 2.21. The number of halogens is 1. The number of piperazine rings is 1. The molecule has 1 fully saturated rings. The van der Waals surface area contributed by atoms with E-state index in [9.17, 15) is 9.18 Å². The van der Waals surface area contributed by atoms with Crippen LogP contribution in [0.3, 0.4) is 0 Å². The number of carbonyl (C=O) groups excluding carboxylic acids is 1. The Morgan fingerprint density at radius 2 is 1.68 bits per heavy atom. The lowest BCUT2D eigenvalue weighted by Crippen LogP contribution is -2.48. The standard InChI is InChI=1S/C21H25FN2O/c1-17-4-2-3-5-19(17)16-23-12-14-24(15-13-23)21(25)11-8-18-6-9-20(22)10-7-18/h2-7,9-10H,8,11-16H2,1H3. The molecule has 3 rings (SSSR count). The van der Waals surface area contributed by atoms with Gasteiger partial charge in [-0.25, -0.2) is 4.39 Å². The number of hydrogen-bond donors (Lipinski definition) is 0. The summed E-state index contributed by atoms with van der Waals surface area (Å²) in [4.78, 5) is 16.8. The van der Waals surface area contributed by atoms with Crippen molar-refractivity contribution in [1.82, 2.24) is 9.80 Å². The molecule has 4 heteroatoms. The van der Waals surface area contributed by atoms with E-state index in [1.54, 1.807) is 12.1 Å². The molecule has 1 saturated heterocycles. The largest absolute Gasteiger partial charge is 0.340 e. The highest BCUT2D eigenvalue weighted by Crippen LogP contribution is 2.13. The van der Waals surface area contributed by atoms with Crippen molar-refractivity contribution in [3.05, 3.63) is 71.0 Å². The first kappa shape index (κ1) is 17.6. The summed E-state index contributed by atoms with van der Waals surface area (Å²) in [7, 11) is 0. The fourth-order valence-electron chi connectivity index (χ4n) is 3.24. The number of hydrogen-bond acceptors (Lipinski definition) is 2. The summed E-state index contributed by atoms with van der Waals surface area (Å²) >= 11 is 0. The Bertz CT molecular complexity index is 706. The number of amides is 1. The van der Waals surface area contributed by atoms with Crippen LogP contribution in [0.4, 0.5) is 4.39 Å². The van der Waals surface area contributed by atoms with Crippen LogP contribution in [0, 0.1) is 12.7 Å². The van der Waals surface area contributed by atoms with E-state index in [0.29, 0.717) is 12.8 Å². The summed E-state index contributed by atoms with van der Waals surface area (Å²) in [5, 5.41) is 0. The van der Waals surface area contributed by atoms with Gasteiger partial charge >= 0.3 is 0 Å². The number of rotatable bonds is 5. The van der Waals surface area contributed by atoms with Crippen LogP contribution in [-0.2, 0) is 17.8 Å². The van der Waals surface area contributed by atoms with Gasteiger partial charge in [-0.1, -0.05) is 36.4 Å². The van der Waals surface area contributed by atoms with Gasteiger partial charge in [-0.15, -0.1) is 0 Å². The highest BCUT2D eigenvalue weighted by molar-refractivity contribution is 5.76. The normalized spacial score (nSPS) is 15.4. The third kappa shape index (κ3) is 4.89. The molecule has 0 unspecified atom stereocenters. The predicted molar refractivity (Wildman–Crippen MR) is 97.8 cm³/mol. The molecule has 3 nitrogen and oxygen atoms in total. The van der Waals surface area contributed by atoms with Gasteiger partial charge in [0.1, 0.15) is 5.82 Å². The molecular formula is C21H25FN2O. The Morgan fingerprint density at radius 1 is 1.00 bits per heavy atom. The summed E-state index contributed by atoms with van der Waals surface area (Å²) in [6.45, 7) is 6.49. The van der Waals surface area contributed by atoms with Crippen LogP contribution in [-0.4, -0.2) is 41.9 Å². The maximum absolute atomic E-state index is 12.9. The van der Waals surface area contributed by atoms with Gasteiger partial charge in [0.25, 0.3) is 0 Å². The Morgan fingerprint density at radius 3 is 2.36 bits per heavy atom. The summed E-state index contributed by atoms with van der Waals surface area (Å²) in [6.07, 6.45) is 1.16. The quantitative estimate of drug-likeness (QED) is 0.833. The third-order valence-electron chi connectivity index (χ3n) is 4.92. The lowest BCUT2D eigenvalue weighted by molar-refractivity contribution is -0.133. The van der Waals surface area contributed by atoms with Gasteiger partial charge in [-0.05, 0) is 42.2 Å². The fraction of sp³-hybridized carbons (Fsp3) is 0.381. The van der Waals surface area contributed by atoms with E-state index < -0.39 is 0 Å². The molecule has 1 aliphatic heterocycles. The lowest BCUT2D eigenvalue weighted by Gasteiger charge is -2.35. The fourth-order valence-corrected chi connectivity index (χ4v) is 3.24. The monoisotopic (exact) mass is 340 g/mol. The summed E-state index contributed by atoms with van der Waals surface area (Å²) in [5.74, 6) is -0.0419. The summed E-state index contributed by atoms with van der Waals surface area (Å²) < 4.78 is 12.9. The van der Waals surface area contributed by atoms with Gasteiger partial charge in [-0.3, -0.25) is 9.69 Å². The van der Waals surface area contributed by atoms with E-state index in [2.05, 4.69) is 36.1 Å². The molecule has 0 spiro atoms. The van der Waals surface area contributed by atoms with E-state index in [-0.39, 0.29) is 11.7 Å². The molecule has 25 heavy (non-hydrogen) atoms. The van der Waals surface area contributed by atoms with E-state index >= 15 is 0 Å². The van der Waals surface area contributed by atoms with Crippen molar-refractivity contribution in [1.29, 1.82) is 0 Å². The molecule has 1 heterocycles. The predicted octanol–water partition coefficient (Wildman–Crippen LogP) is 3.41. The summed E-state index contributed by atoms with van der Waals surface area (Å²) in [6, 6.07) is 14.9. The second-order valence-corrected chi connectivity index (χ2v) is 6.71. The smallest absolute Gasteiger partial charge is 0.222 e. The number of aryl methyl sites for hydroxylation is 2. The van der Waals surface area contributed by atoms with Crippen molar-refractivity contribution in [3.8, 4) is 0 Å². The minimum absolute atomic E-state index is 0.194. The molecular weight excluding hydrogens is 315 g/mol. The molecule has 0 aliphatic carbocycles. The van der Waals surface area contributed by atoms with Crippen LogP contribution >= 0.6 is 0 Å². The average Bonchev–Trinajstić information content (AvgIpc) is 2.63. The zero-order valence-electron chi connectivity index (χ0n) is 14.7. The first-order chi connectivity index (χ1) is 12.1. The van der Waals surface area contributed by atoms with Crippen molar-refractivity contribution in [3.63, 3.8) is 0 Å². The number of nitrogens with zero attached hydrogens (tertiary/aromatic N) is 2. The maximum Gasteiger partial charge on any atom is 0.222 e. The van der Waals surface area contributed by atoms with Crippen molar-refractivity contribution in [2.24, 2.45) is 0 Å². The van der Waals surface area contributed by atoms with Crippen LogP contribution in [0.2, 0.25) is 0 Å². The Labute approximate surface area is 149 Å². The maximum atomic E-state index is 12.9. The Balaban J connectivity index is 1.44. The first-order valence-electron chi connectivity index (χ1n) is 8.91. The minimum Gasteiger partial charge on any atom is -0.340 e. The molecule has 0 saturated carbocycles. The van der Waals surface area contributed by atoms with Gasteiger partial charge < -0.3 is 4.90 Å². The van der Waals surface area contributed by atoms with Gasteiger partial charge in [0.05, 0.1) is 0 Å². The van der Waals surface area contributed by atoms with Crippen LogP contribution in [0.25, 0.3) is 0 Å². The molecule has 132 valence electrons. The van der Waals surface area contributed by atoms with Gasteiger partial charge in [-0.2, -0.15) is 0 Å². The lowest BCUT2D eigenvalue weighted by atomic mass is 10.1. The van der Waals surface area contributed by atoms with Crippen molar-refractivity contribution < 1.29 is 9.18 Å². The number of carbonyl (C=O) groups is 1. The van der Waals surface area contributed by atoms with Gasteiger partial charge in [0.15, 0.2) is 0 Å². The topological polar surface area (TPSA) is 23.6 Å². The Hall–Kier alpha value is -2.20. The molecule has 0 bridgehead atoms. The molecule has 0 atom stereocenters. The van der Waals surface area contributed by atoms with Gasteiger partial charge in [0, 0.05) is 39.1 Å². The molecule has 0 aromatic heterocycles. The average molecular weight is 340 g/mol. The minimum atomic E-state index is -0.236. The third-order valence-corrected chi connectivity index (χ3v) is 4.92. The molecule has 0 N–H and O–H groups in total. The molecule has 0 radical (unpaired) electrons. The second-order valence-electron chi connectivity index (χ2n) is 6.71. The van der Waals surface area contributed by atoms with Crippen LogP contribution < -0.4 is 0 Å². The molecule has 1 aliphatic rings. The Kier molecular flexibility index (Phi) is 5.82. The molecule has 2 aromatic carbocycles. The number of benzene rings is 2. The van der Waals surface area contributed by atoms with E-state index in [1.165, 1.54) is 23.3 Å². The molecule has 1 amide bonds. The SMILES string of the molecule is Cc1ccccc1CN1CCN(C(=O)CCc2ccc(F)cc2)CC1. The second kappa shape index (κ2) is 8.26. The van der Waals surface area contributed by atoms with Crippen molar-refractivity contribution in [2.75, 3.05) is 26.2 Å². The van der Waals surface area contributed by atoms with Crippen molar-refractivity contribution in [2.45, 2.75) is 26.3 Å². The van der Waals surface area contributed by atoms with Crippen LogP contribution in [0.1, 0.15) is 23.1 Å². The zero-order valence-corrected chi connectivity index (χ0v) is 14.7. The molecule has 2 aromatic rings. The first-order valence-corrected chi connectivity index (χ1v) is 8.91. The van der Waals surface area contributed by atoms with Crippen LogP contribution in [0.15, 0.2) is 48.5 Å².